The number of carbonyl (C=O) groups excluding carboxylic acids is 2. The highest BCUT2D eigenvalue weighted by Gasteiger charge is 2.38. The molecule has 2 nitrogen and oxygen atoms in total. The maximum absolute atomic E-state index is 12.4. The Bertz CT molecular complexity index is 447. The predicted octanol–water partition coefficient (Wildman–Crippen LogP) is 3.75. The second-order valence-electron chi connectivity index (χ2n) is 5.37. The normalized spacial score (nSPS) is 12.3. The van der Waals surface area contributed by atoms with Crippen molar-refractivity contribution in [3.05, 3.63) is 35.9 Å². The van der Waals surface area contributed by atoms with Crippen LogP contribution in [0.3, 0.4) is 0 Å². The van der Waals surface area contributed by atoms with Gasteiger partial charge in [-0.15, -0.1) is 11.8 Å². The first kappa shape index (κ1) is 15.0. The number of carbonyl (C=O) groups is 2. The smallest absolute Gasteiger partial charge is 0.178 e. The van der Waals surface area contributed by atoms with E-state index in [1.54, 1.807) is 6.92 Å². The van der Waals surface area contributed by atoms with Crippen LogP contribution in [-0.2, 0) is 4.79 Å². The quantitative estimate of drug-likeness (QED) is 0.760. The number of hydrogen-bond acceptors (Lipinski definition) is 3. The summed E-state index contributed by atoms with van der Waals surface area (Å²) in [5, 5.41) is 0. The number of Topliss-reactive ketones (excluding diaryl/α,β-unsaturated/α-hetero) is 2. The van der Waals surface area contributed by atoms with E-state index in [1.807, 2.05) is 58.0 Å². The van der Waals surface area contributed by atoms with E-state index in [0.29, 0.717) is 5.56 Å². The van der Waals surface area contributed by atoms with Gasteiger partial charge in [0.25, 0.3) is 0 Å². The van der Waals surface area contributed by atoms with E-state index < -0.39 is 9.49 Å². The molecule has 0 heterocycles. The van der Waals surface area contributed by atoms with E-state index in [9.17, 15) is 9.59 Å². The molecule has 98 valence electrons. The summed E-state index contributed by atoms with van der Waals surface area (Å²) in [6.45, 7) is 9.03. The lowest BCUT2D eigenvalue weighted by Crippen LogP contribution is -2.37. The zero-order valence-corrected chi connectivity index (χ0v) is 12.4. The van der Waals surface area contributed by atoms with Crippen molar-refractivity contribution in [1.82, 2.24) is 0 Å². The van der Waals surface area contributed by atoms with Gasteiger partial charge in [0.2, 0.25) is 0 Å². The van der Waals surface area contributed by atoms with Crippen molar-refractivity contribution in [1.29, 1.82) is 0 Å². The molecular weight excluding hydrogens is 244 g/mol. The van der Waals surface area contributed by atoms with Crippen molar-refractivity contribution >= 4 is 23.3 Å². The van der Waals surface area contributed by atoms with E-state index >= 15 is 0 Å². The van der Waals surface area contributed by atoms with Crippen molar-refractivity contribution in [3.8, 4) is 0 Å². The summed E-state index contributed by atoms with van der Waals surface area (Å²) in [5.74, 6) is 0.142. The largest absolute Gasteiger partial charge is 0.298 e. The van der Waals surface area contributed by atoms with E-state index in [0.717, 1.165) is 0 Å². The molecule has 18 heavy (non-hydrogen) atoms. The van der Waals surface area contributed by atoms with Crippen LogP contribution < -0.4 is 0 Å². The molecule has 0 spiro atoms. The zero-order valence-electron chi connectivity index (χ0n) is 11.6. The first-order valence-electron chi connectivity index (χ1n) is 5.98. The van der Waals surface area contributed by atoms with Crippen molar-refractivity contribution < 1.29 is 9.59 Å². The lowest BCUT2D eigenvalue weighted by Gasteiger charge is -2.31. The fourth-order valence-electron chi connectivity index (χ4n) is 1.69. The van der Waals surface area contributed by atoms with Gasteiger partial charge in [-0.3, -0.25) is 9.59 Å². The summed E-state index contributed by atoms with van der Waals surface area (Å²) in [5.41, 5.74) is 0.689. The third-order valence-corrected chi connectivity index (χ3v) is 4.43. The molecular formula is C15H20O2S. The van der Waals surface area contributed by atoms with Crippen LogP contribution in [0.4, 0.5) is 0 Å². The fourth-order valence-corrected chi connectivity index (χ4v) is 3.32. The number of benzene rings is 1. The summed E-state index contributed by atoms with van der Waals surface area (Å²) in [7, 11) is 0. The highest BCUT2D eigenvalue weighted by atomic mass is 32.2. The van der Waals surface area contributed by atoms with Gasteiger partial charge in [0.15, 0.2) is 5.78 Å². The van der Waals surface area contributed by atoms with E-state index in [2.05, 4.69) is 0 Å². The fraction of sp³-hybridized carbons (Fsp3) is 0.467. The van der Waals surface area contributed by atoms with Gasteiger partial charge < -0.3 is 0 Å². The highest BCUT2D eigenvalue weighted by Crippen LogP contribution is 2.39. The molecule has 0 amide bonds. The molecule has 0 N–H and O–H groups in total. The van der Waals surface area contributed by atoms with Crippen LogP contribution in [0.25, 0.3) is 0 Å². The first-order chi connectivity index (χ1) is 8.17. The molecule has 1 rings (SSSR count). The molecule has 1 aromatic carbocycles. The summed E-state index contributed by atoms with van der Waals surface area (Å²) < 4.78 is -1.16. The minimum Gasteiger partial charge on any atom is -0.298 e. The number of rotatable bonds is 5. The van der Waals surface area contributed by atoms with Gasteiger partial charge in [0.05, 0.1) is 9.49 Å². The Balaban J connectivity index is 2.94. The molecule has 0 fully saturated rings. The maximum atomic E-state index is 12.4. The molecule has 0 unspecified atom stereocenters. The van der Waals surface area contributed by atoms with Gasteiger partial charge in [0.1, 0.15) is 5.78 Å². The van der Waals surface area contributed by atoms with E-state index in [4.69, 9.17) is 0 Å². The molecule has 3 heteroatoms. The summed E-state index contributed by atoms with van der Waals surface area (Å²) in [6, 6.07) is 9.21. The van der Waals surface area contributed by atoms with Crippen molar-refractivity contribution in [2.45, 2.75) is 44.1 Å². The Morgan fingerprint density at radius 1 is 0.944 bits per heavy atom. The minimum absolute atomic E-state index is 0.0578. The Morgan fingerprint density at radius 3 is 1.89 bits per heavy atom. The standard InChI is InChI=1S/C15H20O2S/c1-11(16)14(2,3)18-15(4,5)13(17)12-9-7-6-8-10-12/h6-10H,1-5H3. The highest BCUT2D eigenvalue weighted by molar-refractivity contribution is 8.03. The van der Waals surface area contributed by atoms with Crippen LogP contribution in [0.1, 0.15) is 45.0 Å². The van der Waals surface area contributed by atoms with Crippen molar-refractivity contribution in [2.75, 3.05) is 0 Å². The monoisotopic (exact) mass is 264 g/mol. The van der Waals surface area contributed by atoms with Crippen LogP contribution in [0.15, 0.2) is 30.3 Å². The molecule has 0 saturated heterocycles. The first-order valence-corrected chi connectivity index (χ1v) is 6.79. The lowest BCUT2D eigenvalue weighted by atomic mass is 10.0. The second-order valence-corrected chi connectivity index (χ2v) is 7.62. The average Bonchev–Trinajstić information content (AvgIpc) is 2.27. The maximum Gasteiger partial charge on any atom is 0.178 e. The third kappa shape index (κ3) is 3.45. The van der Waals surface area contributed by atoms with Crippen LogP contribution in [0.2, 0.25) is 0 Å². The average molecular weight is 264 g/mol. The summed E-state index contributed by atoms with van der Waals surface area (Å²) in [4.78, 5) is 24.0. The Hall–Kier alpha value is -1.09. The van der Waals surface area contributed by atoms with Crippen LogP contribution in [0.5, 0.6) is 0 Å². The number of hydrogen-bond donors (Lipinski definition) is 0. The van der Waals surface area contributed by atoms with Crippen molar-refractivity contribution in [3.63, 3.8) is 0 Å². The number of ketones is 2. The van der Waals surface area contributed by atoms with Crippen LogP contribution >= 0.6 is 11.8 Å². The molecule has 0 aliphatic heterocycles. The number of thioether (sulfide) groups is 1. The molecule has 0 aliphatic rings. The molecule has 0 aliphatic carbocycles. The van der Waals surface area contributed by atoms with Crippen molar-refractivity contribution in [2.24, 2.45) is 0 Å². The SMILES string of the molecule is CC(=O)C(C)(C)SC(C)(C)C(=O)c1ccccc1. The van der Waals surface area contributed by atoms with Crippen LogP contribution in [-0.4, -0.2) is 21.1 Å². The molecule has 0 saturated carbocycles. The molecule has 0 bridgehead atoms. The van der Waals surface area contributed by atoms with E-state index in [1.165, 1.54) is 11.8 Å². The topological polar surface area (TPSA) is 34.1 Å². The van der Waals surface area contributed by atoms with Gasteiger partial charge >= 0.3 is 0 Å². The Labute approximate surface area is 113 Å². The van der Waals surface area contributed by atoms with Crippen LogP contribution in [0, 0.1) is 0 Å². The molecule has 0 aromatic heterocycles. The summed E-state index contributed by atoms with van der Waals surface area (Å²) in [6.07, 6.45) is 0. The Kier molecular flexibility index (Phi) is 4.38. The molecule has 1 aromatic rings. The lowest BCUT2D eigenvalue weighted by molar-refractivity contribution is -0.118. The Morgan fingerprint density at radius 2 is 1.44 bits per heavy atom. The second kappa shape index (κ2) is 5.27. The molecule has 0 atom stereocenters. The zero-order chi connectivity index (χ0) is 14.0. The van der Waals surface area contributed by atoms with Gasteiger partial charge in [-0.25, -0.2) is 0 Å². The van der Waals surface area contributed by atoms with Gasteiger partial charge in [0, 0.05) is 5.56 Å². The predicted molar refractivity (Wildman–Crippen MR) is 77.2 cm³/mol. The molecule has 0 radical (unpaired) electrons. The van der Waals surface area contributed by atoms with Gasteiger partial charge in [-0.05, 0) is 34.6 Å². The summed E-state index contributed by atoms with van der Waals surface area (Å²) >= 11 is 1.42. The third-order valence-electron chi connectivity index (χ3n) is 2.94. The van der Waals surface area contributed by atoms with Gasteiger partial charge in [-0.2, -0.15) is 0 Å². The van der Waals surface area contributed by atoms with E-state index in [-0.39, 0.29) is 11.6 Å². The minimum atomic E-state index is -0.615. The van der Waals surface area contributed by atoms with Gasteiger partial charge in [-0.1, -0.05) is 30.3 Å².